The predicted octanol–water partition coefficient (Wildman–Crippen LogP) is 1.09. The normalized spacial score (nSPS) is 11.0. The highest BCUT2D eigenvalue weighted by Gasteiger charge is 2.17. The molecule has 17 heavy (non-hydrogen) atoms. The second kappa shape index (κ2) is 4.64. The molecule has 0 bridgehead atoms. The molecule has 0 aliphatic carbocycles. The maximum atomic E-state index is 11.1. The Bertz CT molecular complexity index is 576. The van der Waals surface area contributed by atoms with E-state index < -0.39 is 20.9 Å². The maximum absolute atomic E-state index is 11.1. The van der Waals surface area contributed by atoms with Crippen molar-refractivity contribution in [2.45, 2.75) is 18.7 Å². The fourth-order valence-electron chi connectivity index (χ4n) is 1.26. The van der Waals surface area contributed by atoms with Crippen LogP contribution in [-0.2, 0) is 14.9 Å². The number of carbonyl (C=O) groups is 2. The van der Waals surface area contributed by atoms with E-state index in [4.69, 9.17) is 4.55 Å². The third-order valence-corrected chi connectivity index (χ3v) is 2.89. The van der Waals surface area contributed by atoms with Gasteiger partial charge in [-0.25, -0.2) is 0 Å². The van der Waals surface area contributed by atoms with Gasteiger partial charge in [-0.2, -0.15) is 8.42 Å². The number of anilines is 1. The van der Waals surface area contributed by atoms with E-state index in [0.717, 1.165) is 6.07 Å². The minimum absolute atomic E-state index is 0.118. The fraction of sp³-hybridized carbons (Fsp3) is 0.200. The summed E-state index contributed by atoms with van der Waals surface area (Å²) < 4.78 is 31.0. The Morgan fingerprint density at radius 3 is 2.24 bits per heavy atom. The molecule has 0 saturated carbocycles. The van der Waals surface area contributed by atoms with Gasteiger partial charge < -0.3 is 5.32 Å². The van der Waals surface area contributed by atoms with Crippen molar-refractivity contribution in [3.05, 3.63) is 23.8 Å². The number of hydrogen-bond donors (Lipinski definition) is 2. The van der Waals surface area contributed by atoms with Crippen molar-refractivity contribution in [2.75, 3.05) is 5.32 Å². The molecule has 92 valence electrons. The molecular formula is C10H11NO5S. The fourth-order valence-corrected chi connectivity index (χ4v) is 1.89. The second-order valence-corrected chi connectivity index (χ2v) is 4.81. The van der Waals surface area contributed by atoms with Gasteiger partial charge in [0.25, 0.3) is 10.1 Å². The molecule has 6 nitrogen and oxygen atoms in total. The average Bonchev–Trinajstić information content (AvgIpc) is 2.14. The van der Waals surface area contributed by atoms with Crippen molar-refractivity contribution in [1.82, 2.24) is 0 Å². The molecule has 1 rings (SSSR count). The Balaban J connectivity index is 3.42. The SMILES string of the molecule is CC(=O)Nc1cc(C(C)=O)ccc1S(=O)(=O)O. The van der Waals surface area contributed by atoms with Crippen LogP contribution in [0, 0.1) is 0 Å². The Labute approximate surface area is 98.4 Å². The molecule has 0 aliphatic heterocycles. The first kappa shape index (κ1) is 13.3. The van der Waals surface area contributed by atoms with Crippen LogP contribution in [0.2, 0.25) is 0 Å². The monoisotopic (exact) mass is 257 g/mol. The van der Waals surface area contributed by atoms with Gasteiger partial charge in [-0.1, -0.05) is 0 Å². The molecule has 0 aromatic heterocycles. The number of amides is 1. The Morgan fingerprint density at radius 2 is 1.82 bits per heavy atom. The molecular weight excluding hydrogens is 246 g/mol. The Morgan fingerprint density at radius 1 is 1.24 bits per heavy atom. The van der Waals surface area contributed by atoms with E-state index >= 15 is 0 Å². The third-order valence-electron chi connectivity index (χ3n) is 1.97. The lowest BCUT2D eigenvalue weighted by atomic mass is 10.1. The van der Waals surface area contributed by atoms with Crippen LogP contribution in [0.4, 0.5) is 5.69 Å². The summed E-state index contributed by atoms with van der Waals surface area (Å²) in [7, 11) is -4.45. The van der Waals surface area contributed by atoms with Gasteiger partial charge in [0, 0.05) is 12.5 Å². The smallest absolute Gasteiger partial charge is 0.296 e. The largest absolute Gasteiger partial charge is 0.325 e. The van der Waals surface area contributed by atoms with Gasteiger partial charge in [-0.3, -0.25) is 14.1 Å². The van der Waals surface area contributed by atoms with Crippen molar-refractivity contribution >= 4 is 27.5 Å². The first-order valence-corrected chi connectivity index (χ1v) is 6.06. The molecule has 1 aromatic rings. The zero-order valence-electron chi connectivity index (χ0n) is 9.22. The van der Waals surface area contributed by atoms with Gasteiger partial charge >= 0.3 is 0 Å². The highest BCUT2D eigenvalue weighted by molar-refractivity contribution is 7.86. The summed E-state index contributed by atoms with van der Waals surface area (Å²) in [5.74, 6) is -0.783. The third kappa shape index (κ3) is 3.36. The number of Topliss-reactive ketones (excluding diaryl/α,β-unsaturated/α-hetero) is 1. The topological polar surface area (TPSA) is 101 Å². The molecule has 7 heteroatoms. The second-order valence-electron chi connectivity index (χ2n) is 3.42. The highest BCUT2D eigenvalue weighted by atomic mass is 32.2. The number of hydrogen-bond acceptors (Lipinski definition) is 4. The summed E-state index contributed by atoms with van der Waals surface area (Å²) in [5, 5.41) is 2.24. The van der Waals surface area contributed by atoms with Crippen LogP contribution in [0.25, 0.3) is 0 Å². The van der Waals surface area contributed by atoms with Crippen molar-refractivity contribution in [3.8, 4) is 0 Å². The van der Waals surface area contributed by atoms with Gasteiger partial charge in [-0.15, -0.1) is 0 Å². The van der Waals surface area contributed by atoms with Crippen LogP contribution in [0.1, 0.15) is 24.2 Å². The van der Waals surface area contributed by atoms with E-state index in [1.807, 2.05) is 0 Å². The van der Waals surface area contributed by atoms with Gasteiger partial charge in [0.1, 0.15) is 4.90 Å². The van der Waals surface area contributed by atoms with Crippen LogP contribution in [0.5, 0.6) is 0 Å². The van der Waals surface area contributed by atoms with Gasteiger partial charge in [0.15, 0.2) is 5.78 Å². The molecule has 2 N–H and O–H groups in total. The van der Waals surface area contributed by atoms with Gasteiger partial charge in [0.05, 0.1) is 5.69 Å². The molecule has 1 amide bonds. The zero-order valence-corrected chi connectivity index (χ0v) is 10.0. The standard InChI is InChI=1S/C10H11NO5S/c1-6(12)8-3-4-10(17(14,15)16)9(5-8)11-7(2)13/h3-5H,1-2H3,(H,11,13)(H,14,15,16). The lowest BCUT2D eigenvalue weighted by molar-refractivity contribution is -0.114. The first-order chi connectivity index (χ1) is 7.71. The van der Waals surface area contributed by atoms with E-state index in [2.05, 4.69) is 5.32 Å². The van der Waals surface area contributed by atoms with Gasteiger partial charge in [-0.05, 0) is 25.1 Å². The number of carbonyl (C=O) groups excluding carboxylic acids is 2. The minimum atomic E-state index is -4.45. The zero-order chi connectivity index (χ0) is 13.2. The van der Waals surface area contributed by atoms with E-state index in [1.54, 1.807) is 0 Å². The maximum Gasteiger partial charge on any atom is 0.296 e. The van der Waals surface area contributed by atoms with Gasteiger partial charge in [0.2, 0.25) is 5.91 Å². The molecule has 0 atom stereocenters. The quantitative estimate of drug-likeness (QED) is 0.623. The summed E-state index contributed by atoms with van der Waals surface area (Å²) in [5.41, 5.74) is 0.119. The molecule has 0 spiro atoms. The van der Waals surface area contributed by atoms with E-state index in [0.29, 0.717) is 0 Å². The molecule has 0 fully saturated rings. The lowest BCUT2D eigenvalue weighted by Gasteiger charge is -2.08. The van der Waals surface area contributed by atoms with Crippen molar-refractivity contribution in [1.29, 1.82) is 0 Å². The van der Waals surface area contributed by atoms with E-state index in [-0.39, 0.29) is 17.0 Å². The predicted molar refractivity (Wildman–Crippen MR) is 60.6 cm³/mol. The lowest BCUT2D eigenvalue weighted by Crippen LogP contribution is -2.11. The summed E-state index contributed by atoms with van der Waals surface area (Å²) in [4.78, 5) is 21.6. The van der Waals surface area contributed by atoms with Crippen LogP contribution < -0.4 is 5.32 Å². The van der Waals surface area contributed by atoms with Crippen molar-refractivity contribution < 1.29 is 22.6 Å². The summed E-state index contributed by atoms with van der Waals surface area (Å²) in [6.07, 6.45) is 0. The van der Waals surface area contributed by atoms with E-state index in [9.17, 15) is 18.0 Å². The number of nitrogens with one attached hydrogen (secondary N) is 1. The molecule has 0 saturated heterocycles. The summed E-state index contributed by atoms with van der Waals surface area (Å²) in [6.45, 7) is 2.49. The Hall–Kier alpha value is -1.73. The minimum Gasteiger partial charge on any atom is -0.325 e. The first-order valence-electron chi connectivity index (χ1n) is 4.62. The molecule has 0 aliphatic rings. The van der Waals surface area contributed by atoms with Crippen LogP contribution >= 0.6 is 0 Å². The molecule has 0 radical (unpaired) electrons. The summed E-state index contributed by atoms with van der Waals surface area (Å²) in [6, 6.07) is 3.53. The molecule has 0 heterocycles. The molecule has 1 aromatic carbocycles. The highest BCUT2D eigenvalue weighted by Crippen LogP contribution is 2.22. The Kier molecular flexibility index (Phi) is 3.64. The average molecular weight is 257 g/mol. The number of ketones is 1. The number of rotatable bonds is 3. The van der Waals surface area contributed by atoms with Crippen LogP contribution in [-0.4, -0.2) is 24.7 Å². The summed E-state index contributed by atoms with van der Waals surface area (Å²) >= 11 is 0. The molecule has 0 unspecified atom stereocenters. The van der Waals surface area contributed by atoms with Crippen LogP contribution in [0.3, 0.4) is 0 Å². The van der Waals surface area contributed by atoms with Crippen molar-refractivity contribution in [2.24, 2.45) is 0 Å². The van der Waals surface area contributed by atoms with E-state index in [1.165, 1.54) is 26.0 Å². The number of benzene rings is 1. The van der Waals surface area contributed by atoms with Crippen LogP contribution in [0.15, 0.2) is 23.1 Å². The van der Waals surface area contributed by atoms with Crippen molar-refractivity contribution in [3.63, 3.8) is 0 Å².